The van der Waals surface area contributed by atoms with Crippen LogP contribution in [0.25, 0.3) is 0 Å². The third-order valence-electron chi connectivity index (χ3n) is 5.33. The van der Waals surface area contributed by atoms with E-state index in [1.165, 1.54) is 57.8 Å². The van der Waals surface area contributed by atoms with Gasteiger partial charge in [-0.05, 0) is 44.4 Å². The van der Waals surface area contributed by atoms with E-state index in [9.17, 15) is 0 Å². The van der Waals surface area contributed by atoms with Crippen molar-refractivity contribution < 1.29 is 9.16 Å². The summed E-state index contributed by atoms with van der Waals surface area (Å²) in [5, 5.41) is 0. The summed E-state index contributed by atoms with van der Waals surface area (Å²) < 4.78 is 11.6. The average molecular weight is 270 g/mol. The van der Waals surface area contributed by atoms with Crippen molar-refractivity contribution in [3.05, 3.63) is 0 Å². The van der Waals surface area contributed by atoms with Crippen molar-refractivity contribution in [3.63, 3.8) is 0 Å². The molecule has 1 aliphatic heterocycles. The second kappa shape index (κ2) is 6.53. The molecular formula is C15H30O2Si. The molecule has 0 aromatic rings. The Morgan fingerprint density at radius 2 is 2.00 bits per heavy atom. The van der Waals surface area contributed by atoms with Gasteiger partial charge in [-0.2, -0.15) is 0 Å². The summed E-state index contributed by atoms with van der Waals surface area (Å²) in [6, 6.07) is 0. The Morgan fingerprint density at radius 1 is 1.22 bits per heavy atom. The highest BCUT2D eigenvalue weighted by Gasteiger charge is 2.46. The SMILES string of the molecule is CCC(CC)(CCCCC1CCCC2OC12)O[SiH3]. The Morgan fingerprint density at radius 3 is 2.67 bits per heavy atom. The number of hydrogen-bond donors (Lipinski definition) is 0. The Labute approximate surface area is 115 Å². The topological polar surface area (TPSA) is 21.8 Å². The molecule has 0 radical (unpaired) electrons. The van der Waals surface area contributed by atoms with Crippen LogP contribution in [0.15, 0.2) is 0 Å². The van der Waals surface area contributed by atoms with Crippen molar-refractivity contribution in [2.45, 2.75) is 89.4 Å². The number of ether oxygens (including phenoxy) is 1. The quantitative estimate of drug-likeness (QED) is 0.384. The predicted molar refractivity (Wildman–Crippen MR) is 78.8 cm³/mol. The molecule has 0 N–H and O–H groups in total. The number of fused-ring (bicyclic) bond motifs is 1. The molecule has 1 aliphatic carbocycles. The lowest BCUT2D eigenvalue weighted by molar-refractivity contribution is 0.0578. The molecule has 3 heteroatoms. The van der Waals surface area contributed by atoms with Gasteiger partial charge in [-0.15, -0.1) is 0 Å². The number of rotatable bonds is 8. The zero-order valence-corrected chi connectivity index (χ0v) is 14.4. The fourth-order valence-corrected chi connectivity index (χ4v) is 4.49. The molecule has 18 heavy (non-hydrogen) atoms. The van der Waals surface area contributed by atoms with E-state index in [2.05, 4.69) is 13.8 Å². The highest BCUT2D eigenvalue weighted by Crippen LogP contribution is 2.43. The van der Waals surface area contributed by atoms with E-state index in [-0.39, 0.29) is 5.60 Å². The van der Waals surface area contributed by atoms with E-state index in [1.807, 2.05) is 0 Å². The van der Waals surface area contributed by atoms with E-state index in [0.29, 0.717) is 12.2 Å². The molecule has 2 aliphatic rings. The van der Waals surface area contributed by atoms with Crippen LogP contribution >= 0.6 is 0 Å². The first-order valence-electron chi connectivity index (χ1n) is 7.95. The fourth-order valence-electron chi connectivity index (χ4n) is 3.71. The van der Waals surface area contributed by atoms with Crippen LogP contribution < -0.4 is 0 Å². The summed E-state index contributed by atoms with van der Waals surface area (Å²) in [7, 11) is 0.874. The second-order valence-electron chi connectivity index (χ2n) is 6.17. The molecule has 0 spiro atoms. The lowest BCUT2D eigenvalue weighted by Gasteiger charge is -2.31. The van der Waals surface area contributed by atoms with Gasteiger partial charge < -0.3 is 9.16 Å². The molecule has 1 heterocycles. The van der Waals surface area contributed by atoms with Gasteiger partial charge in [-0.3, -0.25) is 0 Å². The van der Waals surface area contributed by atoms with Gasteiger partial charge in [-0.25, -0.2) is 0 Å². The van der Waals surface area contributed by atoms with Crippen LogP contribution in [0.5, 0.6) is 0 Å². The largest absolute Gasteiger partial charge is 0.422 e. The van der Waals surface area contributed by atoms with Crippen molar-refractivity contribution in [2.24, 2.45) is 5.92 Å². The minimum atomic E-state index is 0.206. The Hall–Kier alpha value is 0.137. The zero-order chi connectivity index (χ0) is 13.0. The highest BCUT2D eigenvalue weighted by atomic mass is 28.2. The van der Waals surface area contributed by atoms with Gasteiger partial charge in [0.2, 0.25) is 0 Å². The van der Waals surface area contributed by atoms with Crippen LogP contribution in [-0.2, 0) is 9.16 Å². The molecular weight excluding hydrogens is 240 g/mol. The molecule has 1 saturated carbocycles. The normalized spacial score (nSPS) is 31.3. The lowest BCUT2D eigenvalue weighted by atomic mass is 9.84. The number of hydrogen-bond acceptors (Lipinski definition) is 2. The molecule has 0 bridgehead atoms. The average Bonchev–Trinajstić information content (AvgIpc) is 3.20. The monoisotopic (exact) mass is 270 g/mol. The van der Waals surface area contributed by atoms with Crippen molar-refractivity contribution in [2.75, 3.05) is 0 Å². The van der Waals surface area contributed by atoms with E-state index in [4.69, 9.17) is 9.16 Å². The molecule has 2 rings (SSSR count). The van der Waals surface area contributed by atoms with Gasteiger partial charge in [0.15, 0.2) is 0 Å². The summed E-state index contributed by atoms with van der Waals surface area (Å²) in [4.78, 5) is 0. The van der Waals surface area contributed by atoms with E-state index >= 15 is 0 Å². The molecule has 106 valence electrons. The summed E-state index contributed by atoms with van der Waals surface area (Å²) in [6.07, 6.45) is 13.1. The molecule has 1 saturated heterocycles. The van der Waals surface area contributed by atoms with E-state index < -0.39 is 0 Å². The minimum absolute atomic E-state index is 0.206. The summed E-state index contributed by atoms with van der Waals surface area (Å²) in [6.45, 7) is 4.54. The fraction of sp³-hybridized carbons (Fsp3) is 1.00. The molecule has 2 nitrogen and oxygen atoms in total. The predicted octanol–water partition coefficient (Wildman–Crippen LogP) is 2.97. The Balaban J connectivity index is 1.63. The highest BCUT2D eigenvalue weighted by molar-refractivity contribution is 5.98. The van der Waals surface area contributed by atoms with E-state index in [1.54, 1.807) is 0 Å². The standard InChI is InChI=1S/C15H30O2Si/c1-3-15(4-2,17-18)11-6-5-8-12-9-7-10-13-14(12)16-13/h12-14H,3-11H2,1-2,18H3. The van der Waals surface area contributed by atoms with Crippen LogP contribution in [0.3, 0.4) is 0 Å². The maximum Gasteiger partial charge on any atom is 0.146 e. The van der Waals surface area contributed by atoms with Crippen LogP contribution in [0, 0.1) is 5.92 Å². The van der Waals surface area contributed by atoms with Gasteiger partial charge >= 0.3 is 0 Å². The molecule has 3 atom stereocenters. The van der Waals surface area contributed by atoms with Gasteiger partial charge in [-0.1, -0.05) is 33.1 Å². The lowest BCUT2D eigenvalue weighted by Crippen LogP contribution is -2.30. The van der Waals surface area contributed by atoms with Crippen molar-refractivity contribution in [1.29, 1.82) is 0 Å². The molecule has 0 aromatic carbocycles. The second-order valence-corrected chi connectivity index (χ2v) is 6.58. The summed E-state index contributed by atoms with van der Waals surface area (Å²) in [5.74, 6) is 0.873. The summed E-state index contributed by atoms with van der Waals surface area (Å²) >= 11 is 0. The number of epoxide rings is 1. The summed E-state index contributed by atoms with van der Waals surface area (Å²) in [5.41, 5.74) is 0.206. The third kappa shape index (κ3) is 3.37. The first-order chi connectivity index (χ1) is 8.74. The van der Waals surface area contributed by atoms with Crippen LogP contribution in [0.4, 0.5) is 0 Å². The molecule has 0 aromatic heterocycles. The van der Waals surface area contributed by atoms with Gasteiger partial charge in [0.05, 0.1) is 17.8 Å². The third-order valence-corrected chi connectivity index (χ3v) is 6.19. The van der Waals surface area contributed by atoms with Crippen molar-refractivity contribution in [1.82, 2.24) is 0 Å². The zero-order valence-electron chi connectivity index (χ0n) is 12.4. The smallest absolute Gasteiger partial charge is 0.146 e. The van der Waals surface area contributed by atoms with Crippen LogP contribution in [0.2, 0.25) is 0 Å². The minimum Gasteiger partial charge on any atom is -0.422 e. The van der Waals surface area contributed by atoms with Crippen molar-refractivity contribution >= 4 is 10.5 Å². The Bertz CT molecular complexity index is 245. The molecule has 2 fully saturated rings. The molecule has 3 unspecified atom stereocenters. The first kappa shape index (κ1) is 14.5. The van der Waals surface area contributed by atoms with Gasteiger partial charge in [0.25, 0.3) is 0 Å². The van der Waals surface area contributed by atoms with Crippen LogP contribution in [0.1, 0.15) is 71.6 Å². The molecule has 0 amide bonds. The first-order valence-corrected chi connectivity index (χ1v) is 8.77. The van der Waals surface area contributed by atoms with Gasteiger partial charge in [0.1, 0.15) is 10.5 Å². The van der Waals surface area contributed by atoms with Crippen LogP contribution in [-0.4, -0.2) is 28.3 Å². The van der Waals surface area contributed by atoms with E-state index in [0.717, 1.165) is 16.4 Å². The maximum absolute atomic E-state index is 5.87. The van der Waals surface area contributed by atoms with Crippen molar-refractivity contribution in [3.8, 4) is 0 Å². The van der Waals surface area contributed by atoms with Gasteiger partial charge in [0, 0.05) is 0 Å². The Kier molecular flexibility index (Phi) is 5.28. The number of unbranched alkanes of at least 4 members (excludes halogenated alkanes) is 1. The maximum atomic E-state index is 5.87.